The van der Waals surface area contributed by atoms with Gasteiger partial charge in [0.25, 0.3) is 11.3 Å². The summed E-state index contributed by atoms with van der Waals surface area (Å²) in [6.45, 7) is 1.86. The SMILES string of the molecule is Cc1cc(N)cc(NS(=O)O)c1. The Hall–Kier alpha value is -1.07. The first-order valence-electron chi connectivity index (χ1n) is 3.32. The van der Waals surface area contributed by atoms with Crippen molar-refractivity contribution in [1.29, 1.82) is 0 Å². The molecule has 5 heteroatoms. The molecule has 1 rings (SSSR count). The van der Waals surface area contributed by atoms with E-state index in [1.807, 2.05) is 6.92 Å². The van der Waals surface area contributed by atoms with E-state index in [4.69, 9.17) is 10.3 Å². The van der Waals surface area contributed by atoms with Crippen molar-refractivity contribution in [2.24, 2.45) is 0 Å². The Kier molecular flexibility index (Phi) is 2.67. The van der Waals surface area contributed by atoms with Crippen LogP contribution in [0.3, 0.4) is 0 Å². The number of nitrogen functional groups attached to an aromatic ring is 1. The molecule has 0 aromatic heterocycles. The minimum absolute atomic E-state index is 0.549. The molecule has 4 nitrogen and oxygen atoms in total. The fraction of sp³-hybridized carbons (Fsp3) is 0.143. The van der Waals surface area contributed by atoms with Crippen LogP contribution in [0.5, 0.6) is 0 Å². The summed E-state index contributed by atoms with van der Waals surface area (Å²) in [5, 5.41) is 0. The fourth-order valence-corrected chi connectivity index (χ4v) is 1.29. The molecule has 0 spiro atoms. The van der Waals surface area contributed by atoms with Crippen molar-refractivity contribution in [1.82, 2.24) is 0 Å². The zero-order chi connectivity index (χ0) is 9.14. The van der Waals surface area contributed by atoms with Crippen LogP contribution in [0.25, 0.3) is 0 Å². The van der Waals surface area contributed by atoms with E-state index >= 15 is 0 Å². The molecule has 1 unspecified atom stereocenters. The molecule has 0 aliphatic heterocycles. The summed E-state index contributed by atoms with van der Waals surface area (Å²) in [6, 6.07) is 5.12. The normalized spacial score (nSPS) is 12.5. The van der Waals surface area contributed by atoms with Gasteiger partial charge in [-0.2, -0.15) is 0 Å². The van der Waals surface area contributed by atoms with Crippen molar-refractivity contribution in [2.45, 2.75) is 6.92 Å². The second kappa shape index (κ2) is 3.55. The smallest absolute Gasteiger partial charge is 0.259 e. The Labute approximate surface area is 73.2 Å². The van der Waals surface area contributed by atoms with Crippen LogP contribution in [0, 0.1) is 6.92 Å². The molecule has 0 saturated heterocycles. The number of rotatable bonds is 2. The Morgan fingerprint density at radius 2 is 2.17 bits per heavy atom. The average molecular weight is 186 g/mol. The van der Waals surface area contributed by atoms with E-state index in [2.05, 4.69) is 4.72 Å². The summed E-state index contributed by atoms with van der Waals surface area (Å²) >= 11 is -2.04. The largest absolute Gasteiger partial charge is 0.399 e. The summed E-state index contributed by atoms with van der Waals surface area (Å²) in [6.07, 6.45) is 0. The third-order valence-electron chi connectivity index (χ3n) is 1.30. The highest BCUT2D eigenvalue weighted by molar-refractivity contribution is 7.80. The van der Waals surface area contributed by atoms with E-state index in [1.165, 1.54) is 0 Å². The number of anilines is 2. The fourth-order valence-electron chi connectivity index (χ4n) is 0.972. The second-order valence-corrected chi connectivity index (χ2v) is 3.19. The highest BCUT2D eigenvalue weighted by Gasteiger charge is 1.97. The van der Waals surface area contributed by atoms with E-state index in [0.717, 1.165) is 5.56 Å². The maximum Gasteiger partial charge on any atom is 0.259 e. The Morgan fingerprint density at radius 1 is 1.50 bits per heavy atom. The van der Waals surface area contributed by atoms with Crippen LogP contribution in [-0.4, -0.2) is 8.76 Å². The molecule has 4 N–H and O–H groups in total. The summed E-state index contributed by atoms with van der Waals surface area (Å²) < 4.78 is 21.2. The van der Waals surface area contributed by atoms with Crippen molar-refractivity contribution in [3.63, 3.8) is 0 Å². The summed E-state index contributed by atoms with van der Waals surface area (Å²) in [4.78, 5) is 0. The van der Waals surface area contributed by atoms with Crippen molar-refractivity contribution in [3.05, 3.63) is 23.8 Å². The van der Waals surface area contributed by atoms with Crippen molar-refractivity contribution < 1.29 is 8.76 Å². The van der Waals surface area contributed by atoms with Gasteiger partial charge in [0.05, 0.1) is 5.69 Å². The molecule has 0 aliphatic rings. The summed E-state index contributed by atoms with van der Waals surface area (Å²) in [5.41, 5.74) is 7.58. The van der Waals surface area contributed by atoms with Gasteiger partial charge in [-0.25, -0.2) is 4.21 Å². The van der Waals surface area contributed by atoms with Gasteiger partial charge in [-0.3, -0.25) is 9.27 Å². The average Bonchev–Trinajstić information content (AvgIpc) is 1.81. The molecule has 0 heterocycles. The van der Waals surface area contributed by atoms with E-state index in [9.17, 15) is 4.21 Å². The van der Waals surface area contributed by atoms with Gasteiger partial charge < -0.3 is 5.73 Å². The molecular formula is C7H10N2O2S. The summed E-state index contributed by atoms with van der Waals surface area (Å²) in [5.74, 6) is 0. The minimum atomic E-state index is -2.04. The zero-order valence-corrected chi connectivity index (χ0v) is 7.39. The van der Waals surface area contributed by atoms with Crippen molar-refractivity contribution in [3.8, 4) is 0 Å². The Balaban J connectivity index is 2.93. The minimum Gasteiger partial charge on any atom is -0.399 e. The van der Waals surface area contributed by atoms with Gasteiger partial charge >= 0.3 is 0 Å². The predicted molar refractivity (Wildman–Crippen MR) is 50.0 cm³/mol. The number of hydrogen-bond acceptors (Lipinski definition) is 2. The van der Waals surface area contributed by atoms with E-state index < -0.39 is 11.3 Å². The first-order chi connectivity index (χ1) is 5.58. The van der Waals surface area contributed by atoms with Crippen molar-refractivity contribution >= 4 is 22.6 Å². The molecule has 66 valence electrons. The predicted octanol–water partition coefficient (Wildman–Crippen LogP) is 1.13. The lowest BCUT2D eigenvalue weighted by atomic mass is 10.2. The van der Waals surface area contributed by atoms with E-state index in [0.29, 0.717) is 11.4 Å². The van der Waals surface area contributed by atoms with Gasteiger partial charge in [0.2, 0.25) is 0 Å². The van der Waals surface area contributed by atoms with Crippen LogP contribution in [-0.2, 0) is 11.3 Å². The Morgan fingerprint density at radius 3 is 2.67 bits per heavy atom. The molecule has 1 atom stereocenters. The number of benzene rings is 1. The molecule has 1 aromatic carbocycles. The molecule has 0 aliphatic carbocycles. The van der Waals surface area contributed by atoms with Crippen LogP contribution in [0.1, 0.15) is 5.56 Å². The molecule has 12 heavy (non-hydrogen) atoms. The van der Waals surface area contributed by atoms with Crippen LogP contribution in [0.2, 0.25) is 0 Å². The van der Waals surface area contributed by atoms with Crippen LogP contribution in [0.15, 0.2) is 18.2 Å². The topological polar surface area (TPSA) is 75.3 Å². The Bertz CT molecular complexity index is 294. The van der Waals surface area contributed by atoms with E-state index in [-0.39, 0.29) is 0 Å². The molecule has 0 bridgehead atoms. The number of nitrogens with two attached hydrogens (primary N) is 1. The van der Waals surface area contributed by atoms with Crippen LogP contribution >= 0.6 is 0 Å². The van der Waals surface area contributed by atoms with E-state index in [1.54, 1.807) is 18.2 Å². The zero-order valence-electron chi connectivity index (χ0n) is 6.57. The van der Waals surface area contributed by atoms with Crippen LogP contribution < -0.4 is 10.5 Å². The van der Waals surface area contributed by atoms with Crippen LogP contribution in [0.4, 0.5) is 11.4 Å². The third-order valence-corrected chi connectivity index (χ3v) is 1.72. The van der Waals surface area contributed by atoms with Gasteiger partial charge in [-0.05, 0) is 30.7 Å². The second-order valence-electron chi connectivity index (χ2n) is 2.48. The molecule has 0 fully saturated rings. The molecular weight excluding hydrogens is 176 g/mol. The monoisotopic (exact) mass is 186 g/mol. The lowest BCUT2D eigenvalue weighted by Gasteiger charge is -2.03. The molecule has 0 saturated carbocycles. The maximum absolute atomic E-state index is 10.4. The molecule has 1 aromatic rings. The highest BCUT2D eigenvalue weighted by atomic mass is 32.2. The van der Waals surface area contributed by atoms with Gasteiger partial charge in [-0.15, -0.1) is 0 Å². The lowest BCUT2D eigenvalue weighted by Crippen LogP contribution is -2.02. The quantitative estimate of drug-likeness (QED) is 0.478. The number of nitrogens with one attached hydrogen (secondary N) is 1. The van der Waals surface area contributed by atoms with Crippen molar-refractivity contribution in [2.75, 3.05) is 10.5 Å². The van der Waals surface area contributed by atoms with Gasteiger partial charge in [-0.1, -0.05) is 0 Å². The third kappa shape index (κ3) is 2.52. The lowest BCUT2D eigenvalue weighted by molar-refractivity contribution is 0.570. The van der Waals surface area contributed by atoms with Gasteiger partial charge in [0, 0.05) is 5.69 Å². The summed E-state index contributed by atoms with van der Waals surface area (Å²) in [7, 11) is 0. The number of aryl methyl sites for hydroxylation is 1. The maximum atomic E-state index is 10.4. The number of hydrogen-bond donors (Lipinski definition) is 3. The highest BCUT2D eigenvalue weighted by Crippen LogP contribution is 2.15. The van der Waals surface area contributed by atoms with Gasteiger partial charge in [0.1, 0.15) is 0 Å². The standard InChI is InChI=1S/C7H10N2O2S/c1-5-2-6(8)4-7(3-5)9-12(10)11/h2-4,9H,8H2,1H3,(H,10,11). The first kappa shape index (κ1) is 9.02. The molecule has 0 radical (unpaired) electrons. The van der Waals surface area contributed by atoms with Gasteiger partial charge in [0.15, 0.2) is 0 Å². The first-order valence-corrected chi connectivity index (χ1v) is 4.43. The molecule has 0 amide bonds.